The molecule has 2 aromatic carbocycles. The highest BCUT2D eigenvalue weighted by molar-refractivity contribution is 8.06. The number of ether oxygens (including phenoxy) is 2. The van der Waals surface area contributed by atoms with E-state index in [1.54, 1.807) is 7.11 Å². The standard InChI is InChI=1S/C19H22O2S/c1-19(2,14-4-8-16(20-3)9-5-14)15-6-10-17(11-7-15)21-12-18-13-22-18/h4-11,18H,12-13H2,1-3H3. The van der Waals surface area contributed by atoms with E-state index in [9.17, 15) is 0 Å². The third-order valence-corrected chi connectivity index (χ3v) is 5.17. The second-order valence-electron chi connectivity index (χ2n) is 6.14. The maximum absolute atomic E-state index is 5.80. The quantitative estimate of drug-likeness (QED) is 0.731. The van der Waals surface area contributed by atoms with Gasteiger partial charge in [0.25, 0.3) is 0 Å². The van der Waals surface area contributed by atoms with Crippen LogP contribution in [-0.2, 0) is 5.41 Å². The van der Waals surface area contributed by atoms with Crippen molar-refractivity contribution in [1.82, 2.24) is 0 Å². The summed E-state index contributed by atoms with van der Waals surface area (Å²) in [6.07, 6.45) is 0. The highest BCUT2D eigenvalue weighted by Gasteiger charge is 2.24. The van der Waals surface area contributed by atoms with Crippen molar-refractivity contribution < 1.29 is 9.47 Å². The van der Waals surface area contributed by atoms with Gasteiger partial charge in [0.05, 0.1) is 7.11 Å². The lowest BCUT2D eigenvalue weighted by Crippen LogP contribution is -2.18. The van der Waals surface area contributed by atoms with Crippen molar-refractivity contribution in [3.05, 3.63) is 59.7 Å². The first-order valence-corrected chi connectivity index (χ1v) is 8.64. The molecular formula is C19H22O2S. The van der Waals surface area contributed by atoms with Crippen LogP contribution in [-0.4, -0.2) is 24.7 Å². The Morgan fingerprint density at radius 2 is 1.45 bits per heavy atom. The van der Waals surface area contributed by atoms with Gasteiger partial charge in [-0.1, -0.05) is 38.1 Å². The lowest BCUT2D eigenvalue weighted by molar-refractivity contribution is 0.329. The molecule has 3 rings (SSSR count). The second kappa shape index (κ2) is 6.25. The van der Waals surface area contributed by atoms with Crippen LogP contribution < -0.4 is 9.47 Å². The molecule has 0 N–H and O–H groups in total. The van der Waals surface area contributed by atoms with Crippen molar-refractivity contribution in [1.29, 1.82) is 0 Å². The first-order valence-electron chi connectivity index (χ1n) is 7.59. The molecule has 1 aliphatic rings. The molecule has 2 aromatic rings. The van der Waals surface area contributed by atoms with E-state index < -0.39 is 0 Å². The van der Waals surface area contributed by atoms with Gasteiger partial charge < -0.3 is 9.47 Å². The van der Waals surface area contributed by atoms with Gasteiger partial charge in [-0.25, -0.2) is 0 Å². The Labute approximate surface area is 136 Å². The SMILES string of the molecule is COc1ccc(C(C)(C)c2ccc(OCC3CS3)cc2)cc1. The van der Waals surface area contributed by atoms with Gasteiger partial charge in [0.2, 0.25) is 0 Å². The van der Waals surface area contributed by atoms with E-state index in [-0.39, 0.29) is 5.41 Å². The average Bonchev–Trinajstić information content (AvgIpc) is 3.38. The fraction of sp³-hybridized carbons (Fsp3) is 0.368. The van der Waals surface area contributed by atoms with Crippen LogP contribution in [0.15, 0.2) is 48.5 Å². The van der Waals surface area contributed by atoms with Crippen molar-refractivity contribution in [2.75, 3.05) is 19.5 Å². The van der Waals surface area contributed by atoms with Crippen molar-refractivity contribution in [3.63, 3.8) is 0 Å². The lowest BCUT2D eigenvalue weighted by atomic mass is 9.78. The number of benzene rings is 2. The molecule has 1 atom stereocenters. The summed E-state index contributed by atoms with van der Waals surface area (Å²) in [7, 11) is 1.69. The smallest absolute Gasteiger partial charge is 0.119 e. The molecule has 2 nitrogen and oxygen atoms in total. The van der Waals surface area contributed by atoms with Crippen LogP contribution in [0.1, 0.15) is 25.0 Å². The molecule has 1 aliphatic heterocycles. The van der Waals surface area contributed by atoms with Crippen LogP contribution >= 0.6 is 11.8 Å². The summed E-state index contributed by atoms with van der Waals surface area (Å²) in [6.45, 7) is 5.31. The largest absolute Gasteiger partial charge is 0.497 e. The third kappa shape index (κ3) is 3.41. The van der Waals surface area contributed by atoms with Crippen molar-refractivity contribution in [2.24, 2.45) is 0 Å². The van der Waals surface area contributed by atoms with Gasteiger partial charge in [0.1, 0.15) is 18.1 Å². The molecule has 1 heterocycles. The molecular weight excluding hydrogens is 292 g/mol. The van der Waals surface area contributed by atoms with E-state index in [2.05, 4.69) is 50.2 Å². The molecule has 0 amide bonds. The second-order valence-corrected chi connectivity index (χ2v) is 7.48. The van der Waals surface area contributed by atoms with E-state index in [1.165, 1.54) is 16.9 Å². The van der Waals surface area contributed by atoms with Crippen molar-refractivity contribution in [3.8, 4) is 11.5 Å². The molecule has 116 valence electrons. The van der Waals surface area contributed by atoms with E-state index in [4.69, 9.17) is 9.47 Å². The van der Waals surface area contributed by atoms with Gasteiger partial charge >= 0.3 is 0 Å². The number of methoxy groups -OCH3 is 1. The Bertz CT molecular complexity index is 613. The Balaban J connectivity index is 1.74. The zero-order valence-corrected chi connectivity index (χ0v) is 14.2. The highest BCUT2D eigenvalue weighted by atomic mass is 32.2. The molecule has 3 heteroatoms. The molecule has 0 aliphatic carbocycles. The molecule has 1 fully saturated rings. The van der Waals surface area contributed by atoms with Gasteiger partial charge in [-0.2, -0.15) is 11.8 Å². The summed E-state index contributed by atoms with van der Waals surface area (Å²) >= 11 is 1.96. The number of rotatable bonds is 6. The predicted molar refractivity (Wildman–Crippen MR) is 93.3 cm³/mol. The fourth-order valence-corrected chi connectivity index (χ4v) is 2.89. The van der Waals surface area contributed by atoms with E-state index in [1.807, 2.05) is 23.9 Å². The monoisotopic (exact) mass is 314 g/mol. The number of hydrogen-bond donors (Lipinski definition) is 0. The van der Waals surface area contributed by atoms with Crippen LogP contribution in [0.4, 0.5) is 0 Å². The molecule has 0 saturated carbocycles. The molecule has 0 spiro atoms. The van der Waals surface area contributed by atoms with Gasteiger partial charge in [-0.3, -0.25) is 0 Å². The van der Waals surface area contributed by atoms with Crippen LogP contribution in [0.25, 0.3) is 0 Å². The third-order valence-electron chi connectivity index (χ3n) is 4.23. The maximum atomic E-state index is 5.80. The maximum Gasteiger partial charge on any atom is 0.119 e. The Morgan fingerprint density at radius 3 is 1.91 bits per heavy atom. The fourth-order valence-electron chi connectivity index (χ4n) is 2.50. The molecule has 22 heavy (non-hydrogen) atoms. The molecule has 1 saturated heterocycles. The minimum Gasteiger partial charge on any atom is -0.497 e. The topological polar surface area (TPSA) is 18.5 Å². The van der Waals surface area contributed by atoms with Crippen molar-refractivity contribution >= 4 is 11.8 Å². The minimum atomic E-state index is -0.0445. The van der Waals surface area contributed by atoms with Crippen LogP contribution in [0.5, 0.6) is 11.5 Å². The Kier molecular flexibility index (Phi) is 4.34. The predicted octanol–water partition coefficient (Wildman–Crippen LogP) is 4.52. The van der Waals surface area contributed by atoms with Gasteiger partial charge in [-0.05, 0) is 35.4 Å². The summed E-state index contributed by atoms with van der Waals surface area (Å²) < 4.78 is 11.0. The van der Waals surface area contributed by atoms with Gasteiger partial charge in [-0.15, -0.1) is 0 Å². The van der Waals surface area contributed by atoms with Crippen LogP contribution in [0, 0.1) is 0 Å². The van der Waals surface area contributed by atoms with Gasteiger partial charge in [0.15, 0.2) is 0 Å². The number of thioether (sulfide) groups is 1. The van der Waals surface area contributed by atoms with Crippen LogP contribution in [0.3, 0.4) is 0 Å². The minimum absolute atomic E-state index is 0.0445. The lowest BCUT2D eigenvalue weighted by Gasteiger charge is -2.26. The zero-order valence-electron chi connectivity index (χ0n) is 13.3. The van der Waals surface area contributed by atoms with E-state index in [0.29, 0.717) is 5.25 Å². The Hall–Kier alpha value is -1.61. The zero-order chi connectivity index (χ0) is 15.6. The molecule has 0 radical (unpaired) electrons. The summed E-state index contributed by atoms with van der Waals surface area (Å²) in [6, 6.07) is 16.8. The first-order chi connectivity index (χ1) is 10.6. The summed E-state index contributed by atoms with van der Waals surface area (Å²) in [5.41, 5.74) is 2.51. The highest BCUT2D eigenvalue weighted by Crippen LogP contribution is 2.34. The normalized spacial score (nSPS) is 17.1. The van der Waals surface area contributed by atoms with E-state index in [0.717, 1.165) is 18.1 Å². The molecule has 0 bridgehead atoms. The first kappa shape index (κ1) is 15.3. The summed E-state index contributed by atoms with van der Waals surface area (Å²) in [5, 5.41) is 0.704. The average molecular weight is 314 g/mol. The summed E-state index contributed by atoms with van der Waals surface area (Å²) in [4.78, 5) is 0. The molecule has 1 unspecified atom stereocenters. The van der Waals surface area contributed by atoms with Crippen molar-refractivity contribution in [2.45, 2.75) is 24.5 Å². The van der Waals surface area contributed by atoms with Crippen LogP contribution in [0.2, 0.25) is 0 Å². The Morgan fingerprint density at radius 1 is 0.955 bits per heavy atom. The molecule has 0 aromatic heterocycles. The van der Waals surface area contributed by atoms with E-state index >= 15 is 0 Å². The number of hydrogen-bond acceptors (Lipinski definition) is 3. The summed E-state index contributed by atoms with van der Waals surface area (Å²) in [5.74, 6) is 3.09. The van der Waals surface area contributed by atoms with Gasteiger partial charge in [0, 0.05) is 16.4 Å².